The Morgan fingerprint density at radius 3 is 2.65 bits per heavy atom. The molecule has 0 saturated heterocycles. The molecule has 110 valence electrons. The minimum absolute atomic E-state index is 0.538. The second kappa shape index (κ2) is 6.35. The first kappa shape index (κ1) is 15.0. The van der Waals surface area contributed by atoms with Crippen molar-refractivity contribution < 1.29 is 0 Å². The first-order valence-electron chi connectivity index (χ1n) is 7.58. The second-order valence-electron chi connectivity index (χ2n) is 5.67. The van der Waals surface area contributed by atoms with Crippen LogP contribution in [0.25, 0.3) is 11.0 Å². The van der Waals surface area contributed by atoms with Crippen LogP contribution >= 0.6 is 0 Å². The molecule has 2 aromatic rings. The van der Waals surface area contributed by atoms with E-state index in [4.69, 9.17) is 0 Å². The summed E-state index contributed by atoms with van der Waals surface area (Å²) in [6.07, 6.45) is 4.41. The molecule has 0 amide bonds. The first-order valence-corrected chi connectivity index (χ1v) is 7.58. The summed E-state index contributed by atoms with van der Waals surface area (Å²) in [5.74, 6) is 0.742. The summed E-state index contributed by atoms with van der Waals surface area (Å²) < 4.78 is 1.84. The molecular weight excluding hydrogens is 248 g/mol. The van der Waals surface area contributed by atoms with Crippen LogP contribution in [0, 0.1) is 12.8 Å². The molecule has 0 aliphatic heterocycles. The van der Waals surface area contributed by atoms with Crippen LogP contribution in [0.3, 0.4) is 0 Å². The molecule has 1 atom stereocenters. The van der Waals surface area contributed by atoms with E-state index < -0.39 is 0 Å². The van der Waals surface area contributed by atoms with Crippen molar-refractivity contribution in [1.29, 1.82) is 0 Å². The summed E-state index contributed by atoms with van der Waals surface area (Å²) in [5.41, 5.74) is 3.23. The van der Waals surface area contributed by atoms with Crippen molar-refractivity contribution in [2.45, 2.75) is 53.1 Å². The Balaban J connectivity index is 2.09. The Bertz CT molecular complexity index is 569. The third-order valence-electron chi connectivity index (χ3n) is 4.30. The molecule has 0 aromatic carbocycles. The minimum atomic E-state index is 0.538. The molecule has 0 spiro atoms. The van der Waals surface area contributed by atoms with E-state index in [1.54, 1.807) is 0 Å². The van der Waals surface area contributed by atoms with Gasteiger partial charge in [-0.05, 0) is 31.4 Å². The number of fused-ring (bicyclic) bond motifs is 1. The zero-order chi connectivity index (χ0) is 14.7. The topological polar surface area (TPSA) is 42.7 Å². The molecule has 0 bridgehead atoms. The van der Waals surface area contributed by atoms with E-state index in [0.717, 1.165) is 29.2 Å². The number of nitrogens with one attached hydrogen (secondary N) is 1. The van der Waals surface area contributed by atoms with Gasteiger partial charge in [-0.15, -0.1) is 0 Å². The second-order valence-corrected chi connectivity index (χ2v) is 5.67. The van der Waals surface area contributed by atoms with Gasteiger partial charge >= 0.3 is 0 Å². The van der Waals surface area contributed by atoms with E-state index in [0.29, 0.717) is 6.04 Å². The lowest BCUT2D eigenvalue weighted by Gasteiger charge is -2.22. The van der Waals surface area contributed by atoms with Gasteiger partial charge in [-0.1, -0.05) is 26.7 Å². The van der Waals surface area contributed by atoms with Gasteiger partial charge in [0.15, 0.2) is 5.65 Å². The van der Waals surface area contributed by atoms with Crippen LogP contribution in [-0.2, 0) is 13.6 Å². The normalized spacial score (nSPS) is 13.3. The fourth-order valence-corrected chi connectivity index (χ4v) is 2.89. The highest BCUT2D eigenvalue weighted by Gasteiger charge is 2.13. The maximum Gasteiger partial charge on any atom is 0.157 e. The maximum atomic E-state index is 4.53. The smallest absolute Gasteiger partial charge is 0.157 e. The lowest BCUT2D eigenvalue weighted by Crippen LogP contribution is -2.32. The zero-order valence-electron chi connectivity index (χ0n) is 13.3. The van der Waals surface area contributed by atoms with Crippen molar-refractivity contribution in [3.8, 4) is 0 Å². The molecular formula is C16H26N4. The van der Waals surface area contributed by atoms with Crippen LogP contribution < -0.4 is 5.32 Å². The molecule has 0 saturated carbocycles. The van der Waals surface area contributed by atoms with E-state index >= 15 is 0 Å². The fourth-order valence-electron chi connectivity index (χ4n) is 2.89. The average molecular weight is 274 g/mol. The number of aryl methyl sites for hydroxylation is 2. The Morgan fingerprint density at radius 2 is 2.00 bits per heavy atom. The van der Waals surface area contributed by atoms with E-state index in [1.807, 2.05) is 24.9 Å². The number of hydrogen-bond donors (Lipinski definition) is 1. The van der Waals surface area contributed by atoms with Gasteiger partial charge < -0.3 is 5.32 Å². The molecule has 0 fully saturated rings. The molecule has 4 nitrogen and oxygen atoms in total. The Labute approximate surface area is 121 Å². The fraction of sp³-hybridized carbons (Fsp3) is 0.625. The standard InChI is InChI=1S/C16H26N4/c1-6-14(7-2)11(3)17-9-13-8-15-12(4)19-20(5)16(15)18-10-13/h8,10-11,14,17H,6-7,9H2,1-5H3. The molecule has 1 unspecified atom stereocenters. The van der Waals surface area contributed by atoms with Crippen LogP contribution in [0.2, 0.25) is 0 Å². The van der Waals surface area contributed by atoms with Crippen molar-refractivity contribution in [1.82, 2.24) is 20.1 Å². The van der Waals surface area contributed by atoms with E-state index in [9.17, 15) is 0 Å². The Morgan fingerprint density at radius 1 is 1.30 bits per heavy atom. The quantitative estimate of drug-likeness (QED) is 0.879. The average Bonchev–Trinajstić information content (AvgIpc) is 2.73. The van der Waals surface area contributed by atoms with E-state index in [1.165, 1.54) is 18.4 Å². The summed E-state index contributed by atoms with van der Waals surface area (Å²) in [4.78, 5) is 4.53. The van der Waals surface area contributed by atoms with Crippen LogP contribution in [-0.4, -0.2) is 20.8 Å². The third kappa shape index (κ3) is 3.01. The molecule has 2 aromatic heterocycles. The zero-order valence-corrected chi connectivity index (χ0v) is 13.3. The molecule has 1 N–H and O–H groups in total. The molecule has 2 rings (SSSR count). The molecule has 0 radical (unpaired) electrons. The highest BCUT2D eigenvalue weighted by Crippen LogP contribution is 2.17. The molecule has 0 aliphatic carbocycles. The van der Waals surface area contributed by atoms with Crippen molar-refractivity contribution in [3.05, 3.63) is 23.5 Å². The van der Waals surface area contributed by atoms with Gasteiger partial charge in [-0.2, -0.15) is 5.10 Å². The van der Waals surface area contributed by atoms with Crippen LogP contribution in [0.1, 0.15) is 44.9 Å². The lowest BCUT2D eigenvalue weighted by atomic mass is 9.95. The van der Waals surface area contributed by atoms with Gasteiger partial charge in [0.2, 0.25) is 0 Å². The number of aromatic nitrogens is 3. The third-order valence-corrected chi connectivity index (χ3v) is 4.30. The summed E-state index contributed by atoms with van der Waals surface area (Å²) in [5, 5.41) is 9.19. The number of rotatable bonds is 6. The predicted molar refractivity (Wildman–Crippen MR) is 83.6 cm³/mol. The highest BCUT2D eigenvalue weighted by atomic mass is 15.3. The SMILES string of the molecule is CCC(CC)C(C)NCc1cnc2c(c1)c(C)nn2C. The monoisotopic (exact) mass is 274 g/mol. The van der Waals surface area contributed by atoms with Crippen molar-refractivity contribution in [2.24, 2.45) is 13.0 Å². The van der Waals surface area contributed by atoms with Crippen LogP contribution in [0.15, 0.2) is 12.3 Å². The minimum Gasteiger partial charge on any atom is -0.310 e. The van der Waals surface area contributed by atoms with Gasteiger partial charge in [0.25, 0.3) is 0 Å². The summed E-state index contributed by atoms with van der Waals surface area (Å²) in [7, 11) is 1.94. The van der Waals surface area contributed by atoms with Gasteiger partial charge in [0, 0.05) is 31.2 Å². The van der Waals surface area contributed by atoms with Gasteiger partial charge in [0.05, 0.1) is 5.69 Å². The van der Waals surface area contributed by atoms with Crippen molar-refractivity contribution >= 4 is 11.0 Å². The number of nitrogens with zero attached hydrogens (tertiary/aromatic N) is 3. The summed E-state index contributed by atoms with van der Waals surface area (Å²) in [6, 6.07) is 2.74. The van der Waals surface area contributed by atoms with Crippen LogP contribution in [0.4, 0.5) is 0 Å². The van der Waals surface area contributed by atoms with Gasteiger partial charge in [-0.3, -0.25) is 4.68 Å². The molecule has 20 heavy (non-hydrogen) atoms. The number of pyridine rings is 1. The summed E-state index contributed by atoms with van der Waals surface area (Å²) in [6.45, 7) is 9.71. The number of hydrogen-bond acceptors (Lipinski definition) is 3. The van der Waals surface area contributed by atoms with Crippen molar-refractivity contribution in [2.75, 3.05) is 0 Å². The molecule has 2 heterocycles. The van der Waals surface area contributed by atoms with Crippen molar-refractivity contribution in [3.63, 3.8) is 0 Å². The lowest BCUT2D eigenvalue weighted by molar-refractivity contribution is 0.353. The van der Waals surface area contributed by atoms with E-state index in [-0.39, 0.29) is 0 Å². The first-order chi connectivity index (χ1) is 9.56. The molecule has 4 heteroatoms. The van der Waals surface area contributed by atoms with E-state index in [2.05, 4.69) is 42.2 Å². The van der Waals surface area contributed by atoms with Gasteiger partial charge in [0.1, 0.15) is 0 Å². The molecule has 0 aliphatic rings. The maximum absolute atomic E-state index is 4.53. The Hall–Kier alpha value is -1.42. The predicted octanol–water partition coefficient (Wildman–Crippen LogP) is 3.19. The highest BCUT2D eigenvalue weighted by molar-refractivity contribution is 5.78. The van der Waals surface area contributed by atoms with Gasteiger partial charge in [-0.25, -0.2) is 4.98 Å². The van der Waals surface area contributed by atoms with Crippen LogP contribution in [0.5, 0.6) is 0 Å². The summed E-state index contributed by atoms with van der Waals surface area (Å²) >= 11 is 0. The Kier molecular flexibility index (Phi) is 4.76. The largest absolute Gasteiger partial charge is 0.310 e.